The number of pyridine rings is 1. The van der Waals surface area contributed by atoms with E-state index in [1.807, 2.05) is 24.3 Å². The Kier molecular flexibility index (Phi) is 9.22. The highest BCUT2D eigenvalue weighted by molar-refractivity contribution is 6.36. The maximum atomic E-state index is 12.1. The van der Waals surface area contributed by atoms with Gasteiger partial charge in [0.2, 0.25) is 12.2 Å². The number of nitrogen functional groups attached to an aromatic ring is 1. The summed E-state index contributed by atoms with van der Waals surface area (Å²) >= 11 is 12.7. The summed E-state index contributed by atoms with van der Waals surface area (Å²) in [5, 5.41) is 21.8. The van der Waals surface area contributed by atoms with Gasteiger partial charge in [-0.3, -0.25) is 14.9 Å². The number of aromatic nitrogens is 1. The quantitative estimate of drug-likeness (QED) is 0.103. The lowest BCUT2D eigenvalue weighted by atomic mass is 10.0. The Balaban J connectivity index is 1.49. The van der Waals surface area contributed by atoms with Crippen LogP contribution in [-0.4, -0.2) is 48.5 Å². The van der Waals surface area contributed by atoms with Crippen LogP contribution in [0, 0.1) is 10.1 Å². The molecule has 1 saturated heterocycles. The Morgan fingerprint density at radius 3 is 2.63 bits per heavy atom. The first kappa shape index (κ1) is 27.4. The van der Waals surface area contributed by atoms with Crippen molar-refractivity contribution >= 4 is 58.3 Å². The number of anilines is 4. The highest BCUT2D eigenvalue weighted by atomic mass is 35.5. The number of carbonyl (C=O) groups is 1. The van der Waals surface area contributed by atoms with Gasteiger partial charge in [0, 0.05) is 58.6 Å². The van der Waals surface area contributed by atoms with Crippen molar-refractivity contribution in [2.75, 3.05) is 47.4 Å². The molecular weight excluding hydrogens is 529 g/mol. The molecular formula is C26H29Cl2N7O3. The molecule has 1 unspecified atom stereocenters. The molecule has 0 aliphatic carbocycles. The van der Waals surface area contributed by atoms with Gasteiger partial charge in [0.1, 0.15) is 5.82 Å². The molecule has 10 nitrogen and oxygen atoms in total. The molecule has 0 bridgehead atoms. The van der Waals surface area contributed by atoms with Gasteiger partial charge in [0.05, 0.1) is 10.6 Å². The summed E-state index contributed by atoms with van der Waals surface area (Å²) in [6, 6.07) is 14.3. The molecule has 200 valence electrons. The predicted octanol–water partition coefficient (Wildman–Crippen LogP) is 5.17. The molecule has 5 N–H and O–H groups in total. The smallest absolute Gasteiger partial charge is 0.311 e. The number of nitrogens with one attached hydrogen (secondary N) is 3. The predicted molar refractivity (Wildman–Crippen MR) is 153 cm³/mol. The third kappa shape index (κ3) is 6.83. The number of nitrogens with two attached hydrogens (primary N) is 1. The molecule has 1 aliphatic rings. The van der Waals surface area contributed by atoms with Gasteiger partial charge in [-0.1, -0.05) is 29.3 Å². The Morgan fingerprint density at radius 2 is 1.95 bits per heavy atom. The largest absolute Gasteiger partial charge is 0.383 e. The van der Waals surface area contributed by atoms with E-state index >= 15 is 0 Å². The number of benzene rings is 2. The van der Waals surface area contributed by atoms with E-state index in [2.05, 4.69) is 20.9 Å². The summed E-state index contributed by atoms with van der Waals surface area (Å²) in [6.45, 7) is 2.61. The minimum Gasteiger partial charge on any atom is -0.383 e. The third-order valence-electron chi connectivity index (χ3n) is 6.39. The van der Waals surface area contributed by atoms with Crippen LogP contribution in [0.25, 0.3) is 11.1 Å². The van der Waals surface area contributed by atoms with Crippen LogP contribution < -0.4 is 26.6 Å². The van der Waals surface area contributed by atoms with Crippen LogP contribution in [0.1, 0.15) is 19.3 Å². The van der Waals surface area contributed by atoms with Crippen LogP contribution in [0.5, 0.6) is 0 Å². The zero-order valence-electron chi connectivity index (χ0n) is 20.6. The molecule has 1 aromatic heterocycles. The molecule has 12 heteroatoms. The molecule has 1 atom stereocenters. The van der Waals surface area contributed by atoms with E-state index in [4.69, 9.17) is 28.9 Å². The fourth-order valence-electron chi connectivity index (χ4n) is 4.47. The van der Waals surface area contributed by atoms with Crippen molar-refractivity contribution in [1.29, 1.82) is 0 Å². The fourth-order valence-corrected chi connectivity index (χ4v) is 4.98. The number of hydrogen-bond acceptors (Lipinski definition) is 8. The van der Waals surface area contributed by atoms with Gasteiger partial charge in [0.15, 0.2) is 0 Å². The van der Waals surface area contributed by atoms with E-state index in [0.717, 1.165) is 54.7 Å². The first-order valence-corrected chi connectivity index (χ1v) is 13.0. The molecule has 2 heterocycles. The van der Waals surface area contributed by atoms with Gasteiger partial charge in [-0.25, -0.2) is 4.98 Å². The summed E-state index contributed by atoms with van der Waals surface area (Å²) < 4.78 is 0. The topological polar surface area (TPSA) is 138 Å². The average molecular weight is 558 g/mol. The third-order valence-corrected chi connectivity index (χ3v) is 6.94. The van der Waals surface area contributed by atoms with Crippen molar-refractivity contribution in [2.24, 2.45) is 0 Å². The van der Waals surface area contributed by atoms with Crippen molar-refractivity contribution in [1.82, 2.24) is 10.3 Å². The maximum Gasteiger partial charge on any atom is 0.311 e. The summed E-state index contributed by atoms with van der Waals surface area (Å²) in [7, 11) is 0. The summed E-state index contributed by atoms with van der Waals surface area (Å²) in [4.78, 5) is 28.2. The van der Waals surface area contributed by atoms with Crippen LogP contribution in [0.2, 0.25) is 10.0 Å². The molecule has 38 heavy (non-hydrogen) atoms. The number of rotatable bonds is 12. The lowest BCUT2D eigenvalue weighted by Gasteiger charge is -2.24. The van der Waals surface area contributed by atoms with Crippen LogP contribution in [-0.2, 0) is 4.79 Å². The van der Waals surface area contributed by atoms with Crippen molar-refractivity contribution in [2.45, 2.75) is 25.3 Å². The number of amides is 1. The number of nitro groups is 1. The van der Waals surface area contributed by atoms with E-state index in [0.29, 0.717) is 41.5 Å². The van der Waals surface area contributed by atoms with E-state index in [9.17, 15) is 14.9 Å². The molecule has 3 aromatic rings. The number of hydrogen-bond donors (Lipinski definition) is 4. The van der Waals surface area contributed by atoms with Gasteiger partial charge in [0.25, 0.3) is 0 Å². The van der Waals surface area contributed by atoms with Crippen LogP contribution in [0.3, 0.4) is 0 Å². The van der Waals surface area contributed by atoms with E-state index in [1.165, 1.54) is 12.1 Å². The second kappa shape index (κ2) is 12.8. The first-order valence-electron chi connectivity index (χ1n) is 12.3. The van der Waals surface area contributed by atoms with E-state index in [-0.39, 0.29) is 11.5 Å². The zero-order chi connectivity index (χ0) is 27.1. The Bertz CT molecular complexity index is 1300. The summed E-state index contributed by atoms with van der Waals surface area (Å²) in [5.74, 6) is 0.300. The fraction of sp³-hybridized carbons (Fsp3) is 0.308. The summed E-state index contributed by atoms with van der Waals surface area (Å²) in [5.41, 5.74) is 8.59. The van der Waals surface area contributed by atoms with Gasteiger partial charge >= 0.3 is 5.69 Å². The number of halogens is 2. The molecule has 1 amide bonds. The second-order valence-corrected chi connectivity index (χ2v) is 9.79. The number of nitrogens with zero attached hydrogens (tertiary/aromatic N) is 3. The van der Waals surface area contributed by atoms with E-state index in [1.54, 1.807) is 17.0 Å². The van der Waals surface area contributed by atoms with Gasteiger partial charge < -0.3 is 26.6 Å². The van der Waals surface area contributed by atoms with Crippen LogP contribution >= 0.6 is 23.2 Å². The first-order chi connectivity index (χ1) is 18.4. The molecule has 1 aliphatic heterocycles. The minimum absolute atomic E-state index is 0.142. The highest BCUT2D eigenvalue weighted by Gasteiger charge is 2.19. The highest BCUT2D eigenvalue weighted by Crippen LogP contribution is 2.38. The van der Waals surface area contributed by atoms with Gasteiger partial charge in [-0.15, -0.1) is 0 Å². The molecule has 0 saturated carbocycles. The lowest BCUT2D eigenvalue weighted by Crippen LogP contribution is -2.30. The van der Waals surface area contributed by atoms with Crippen molar-refractivity contribution in [3.05, 3.63) is 68.7 Å². The Labute approximate surface area is 230 Å². The zero-order valence-corrected chi connectivity index (χ0v) is 22.1. The SMILES string of the molecule is Nc1nc(NCCNc2ccc(N(C=O)CCC3CCCN3)c(-c3ccc(Cl)cc3Cl)c2)ccc1[N+](=O)[O-]. The minimum atomic E-state index is -0.570. The van der Waals surface area contributed by atoms with Crippen molar-refractivity contribution in [3.8, 4) is 11.1 Å². The van der Waals surface area contributed by atoms with E-state index < -0.39 is 4.92 Å². The normalized spacial score (nSPS) is 14.7. The Hall–Kier alpha value is -3.60. The molecule has 0 radical (unpaired) electrons. The standard InChI is InChI=1S/C26H29Cl2N7O3/c27-17-3-5-20(22(28)14-17)21-15-19(4-6-23(21)34(16-36)13-9-18-2-1-10-30-18)31-11-12-32-25-8-7-24(35(37)38)26(29)33-25/h3-8,14-16,18,30-31H,1-2,9-13H2,(H3,29,32,33). The van der Waals surface area contributed by atoms with Crippen LogP contribution in [0.15, 0.2) is 48.5 Å². The average Bonchev–Trinajstić information content (AvgIpc) is 3.41. The Morgan fingerprint density at radius 1 is 1.13 bits per heavy atom. The molecule has 2 aromatic carbocycles. The molecule has 1 fully saturated rings. The number of carbonyl (C=O) groups excluding carboxylic acids is 1. The monoisotopic (exact) mass is 557 g/mol. The molecule has 4 rings (SSSR count). The van der Waals surface area contributed by atoms with Crippen molar-refractivity contribution < 1.29 is 9.72 Å². The second-order valence-electron chi connectivity index (χ2n) is 8.95. The molecule has 0 spiro atoms. The lowest BCUT2D eigenvalue weighted by molar-refractivity contribution is -0.384. The van der Waals surface area contributed by atoms with Crippen molar-refractivity contribution in [3.63, 3.8) is 0 Å². The van der Waals surface area contributed by atoms with Gasteiger partial charge in [-0.2, -0.15) is 0 Å². The van der Waals surface area contributed by atoms with Gasteiger partial charge in [-0.05, 0) is 62.2 Å². The summed E-state index contributed by atoms with van der Waals surface area (Å²) in [6.07, 6.45) is 3.98. The van der Waals surface area contributed by atoms with Crippen LogP contribution in [0.4, 0.5) is 28.7 Å². The maximum absolute atomic E-state index is 12.1.